The minimum Gasteiger partial charge on any atom is -0.447 e. The van der Waals surface area contributed by atoms with Crippen molar-refractivity contribution in [1.29, 1.82) is 0 Å². The molecule has 0 spiro atoms. The highest BCUT2D eigenvalue weighted by Crippen LogP contribution is 2.48. The number of cyclic esters (lactones) is 1. The molecule has 2 aliphatic heterocycles. The second kappa shape index (κ2) is 8.07. The molecule has 31 heavy (non-hydrogen) atoms. The third-order valence-corrected chi connectivity index (χ3v) is 15.9. The van der Waals surface area contributed by atoms with Crippen LogP contribution in [0.4, 0.5) is 4.79 Å². The third-order valence-electron chi connectivity index (χ3n) is 6.82. The first-order valence-corrected chi connectivity index (χ1v) is 18.7. The first-order chi connectivity index (χ1) is 14.2. The van der Waals surface area contributed by atoms with Crippen molar-refractivity contribution in [1.82, 2.24) is 9.80 Å². The van der Waals surface area contributed by atoms with E-state index in [1.54, 1.807) is 4.90 Å². The molecule has 0 bridgehead atoms. The van der Waals surface area contributed by atoms with Crippen LogP contribution in [-0.2, 0) is 9.53 Å². The largest absolute Gasteiger partial charge is 0.447 e. The fourth-order valence-corrected chi connectivity index (χ4v) is 18.7. The van der Waals surface area contributed by atoms with Crippen molar-refractivity contribution in [2.45, 2.75) is 89.4 Å². The van der Waals surface area contributed by atoms with Gasteiger partial charge in [0.1, 0.15) is 12.1 Å². The third kappa shape index (κ3) is 4.11. The predicted octanol–water partition coefficient (Wildman–Crippen LogP) is 5.32. The van der Waals surface area contributed by atoms with Crippen LogP contribution in [0.1, 0.15) is 38.8 Å². The number of hydrogen-bond donors (Lipinski definition) is 0. The van der Waals surface area contributed by atoms with Crippen molar-refractivity contribution in [3.8, 4) is 0 Å². The summed E-state index contributed by atoms with van der Waals surface area (Å²) in [5.74, 6) is 0.533. The van der Waals surface area contributed by atoms with E-state index in [2.05, 4.69) is 58.0 Å². The molecule has 0 radical (unpaired) electrons. The van der Waals surface area contributed by atoms with Gasteiger partial charge in [0.05, 0.1) is 28.2 Å². The highest BCUT2D eigenvalue weighted by molar-refractivity contribution is 6.96. The fourth-order valence-electron chi connectivity index (χ4n) is 6.09. The maximum Gasteiger partial charge on any atom is 0.411 e. The Kier molecular flexibility index (Phi) is 6.26. The maximum atomic E-state index is 14.0. The van der Waals surface area contributed by atoms with Crippen molar-refractivity contribution in [2.24, 2.45) is 5.92 Å². The first-order valence-electron chi connectivity index (χ1n) is 11.5. The molecular formula is C24H40N2O3Si2. The summed E-state index contributed by atoms with van der Waals surface area (Å²) in [6.07, 6.45) is 0.523. The zero-order chi connectivity index (χ0) is 23.4. The highest BCUT2D eigenvalue weighted by atomic mass is 28.4. The molecule has 2 aliphatic rings. The zero-order valence-electron chi connectivity index (χ0n) is 20.7. The smallest absolute Gasteiger partial charge is 0.411 e. The molecule has 3 atom stereocenters. The fraction of sp³-hybridized carbons (Fsp3) is 0.667. The Labute approximate surface area is 190 Å². The lowest BCUT2D eigenvalue weighted by Crippen LogP contribution is -2.85. The lowest BCUT2D eigenvalue weighted by Gasteiger charge is -2.64. The minimum absolute atomic E-state index is 0.0142. The number of β-lactam (4-membered cyclic amide) rings is 1. The van der Waals surface area contributed by atoms with E-state index in [9.17, 15) is 9.59 Å². The molecule has 2 heterocycles. The second-order valence-electron chi connectivity index (χ2n) is 12.0. The number of ether oxygens (including phenoxy) is 1. The van der Waals surface area contributed by atoms with Gasteiger partial charge >= 0.3 is 6.09 Å². The molecule has 0 unspecified atom stereocenters. The molecular weight excluding hydrogens is 420 g/mol. The van der Waals surface area contributed by atoms with Gasteiger partial charge in [-0.05, 0) is 24.8 Å². The van der Waals surface area contributed by atoms with E-state index < -0.39 is 21.7 Å². The number of amides is 2. The molecule has 0 N–H and O–H groups in total. The van der Waals surface area contributed by atoms with Gasteiger partial charge in [-0.15, -0.1) is 0 Å². The van der Waals surface area contributed by atoms with Crippen LogP contribution < -0.4 is 0 Å². The van der Waals surface area contributed by atoms with Crippen LogP contribution >= 0.6 is 0 Å². The Hall–Kier alpha value is -1.61. The van der Waals surface area contributed by atoms with Crippen LogP contribution in [0.2, 0.25) is 39.3 Å². The molecule has 2 saturated heterocycles. The van der Waals surface area contributed by atoms with Gasteiger partial charge in [-0.2, -0.15) is 0 Å². The van der Waals surface area contributed by atoms with E-state index in [1.165, 1.54) is 0 Å². The molecule has 2 fully saturated rings. The lowest BCUT2D eigenvalue weighted by molar-refractivity contribution is -0.174. The average Bonchev–Trinajstić information content (AvgIpc) is 3.04. The van der Waals surface area contributed by atoms with Crippen LogP contribution in [0, 0.1) is 5.92 Å². The van der Waals surface area contributed by atoms with Crippen molar-refractivity contribution >= 4 is 28.1 Å². The lowest BCUT2D eigenvalue weighted by atomic mass is 9.74. The van der Waals surface area contributed by atoms with Crippen LogP contribution in [0.3, 0.4) is 0 Å². The molecule has 1 aromatic rings. The monoisotopic (exact) mass is 460 g/mol. The summed E-state index contributed by atoms with van der Waals surface area (Å²) in [7, 11) is -3.31. The van der Waals surface area contributed by atoms with Crippen molar-refractivity contribution in [3.05, 3.63) is 35.9 Å². The van der Waals surface area contributed by atoms with E-state index in [1.807, 2.05) is 37.3 Å². The number of hydrogen-bond acceptors (Lipinski definition) is 3. The summed E-state index contributed by atoms with van der Waals surface area (Å²) in [5, 5.41) is 0.332. The van der Waals surface area contributed by atoms with E-state index >= 15 is 0 Å². The van der Waals surface area contributed by atoms with Gasteiger partial charge in [-0.25, -0.2) is 4.79 Å². The number of benzene rings is 1. The van der Waals surface area contributed by atoms with Crippen LogP contribution in [-0.4, -0.2) is 61.4 Å². The summed E-state index contributed by atoms with van der Waals surface area (Å²) in [4.78, 5) is 31.0. The summed E-state index contributed by atoms with van der Waals surface area (Å²) in [6, 6.07) is 9.76. The second-order valence-corrected chi connectivity index (χ2v) is 23.1. The molecule has 0 saturated carbocycles. The summed E-state index contributed by atoms with van der Waals surface area (Å²) in [5.41, 5.74) is 0.159. The predicted molar refractivity (Wildman–Crippen MR) is 131 cm³/mol. The van der Waals surface area contributed by atoms with E-state index in [0.29, 0.717) is 17.8 Å². The Morgan fingerprint density at radius 1 is 1.03 bits per heavy atom. The minimum atomic E-state index is -1.66. The average molecular weight is 461 g/mol. The normalized spacial score (nSPS) is 27.2. The van der Waals surface area contributed by atoms with Crippen molar-refractivity contribution < 1.29 is 14.3 Å². The number of rotatable bonds is 7. The van der Waals surface area contributed by atoms with Gasteiger partial charge in [0.15, 0.2) is 0 Å². The van der Waals surface area contributed by atoms with Gasteiger partial charge in [0, 0.05) is 5.29 Å². The van der Waals surface area contributed by atoms with Gasteiger partial charge in [0.25, 0.3) is 5.91 Å². The number of carbonyl (C=O) groups excluding carboxylic acids is 2. The highest BCUT2D eigenvalue weighted by Gasteiger charge is 2.68. The van der Waals surface area contributed by atoms with E-state index in [0.717, 1.165) is 12.0 Å². The molecule has 172 valence electrons. The van der Waals surface area contributed by atoms with Gasteiger partial charge in [0.2, 0.25) is 0 Å². The Morgan fingerprint density at radius 2 is 1.58 bits per heavy atom. The summed E-state index contributed by atoms with van der Waals surface area (Å²) in [6.45, 7) is 20.9. The molecule has 0 aromatic heterocycles. The molecule has 5 nitrogen and oxygen atoms in total. The molecule has 3 rings (SSSR count). The summed E-state index contributed by atoms with van der Waals surface area (Å²) >= 11 is 0. The van der Waals surface area contributed by atoms with Gasteiger partial charge < -0.3 is 9.64 Å². The van der Waals surface area contributed by atoms with Gasteiger partial charge in [-0.1, -0.05) is 83.5 Å². The Bertz CT molecular complexity index is 817. The molecule has 2 amide bonds. The summed E-state index contributed by atoms with van der Waals surface area (Å²) < 4.78 is 5.52. The molecule has 1 aromatic carbocycles. The molecule has 0 aliphatic carbocycles. The Morgan fingerprint density at radius 3 is 2.06 bits per heavy atom. The van der Waals surface area contributed by atoms with Crippen LogP contribution in [0.5, 0.6) is 0 Å². The number of carbonyl (C=O) groups is 2. The topological polar surface area (TPSA) is 49.9 Å². The van der Waals surface area contributed by atoms with E-state index in [4.69, 9.17) is 4.74 Å². The zero-order valence-corrected chi connectivity index (χ0v) is 22.7. The SMILES string of the molecule is CC(C)C[C@H]1N(C([Si](C)(C)C)[Si](C)(C)C)C(=O)[C@]1(C)N1C(=O)OC[C@@H]1c1ccccc1. The van der Waals surface area contributed by atoms with Crippen molar-refractivity contribution in [3.63, 3.8) is 0 Å². The molecule has 7 heteroatoms. The van der Waals surface area contributed by atoms with Gasteiger partial charge in [-0.3, -0.25) is 9.69 Å². The van der Waals surface area contributed by atoms with Crippen LogP contribution in [0.25, 0.3) is 0 Å². The number of nitrogens with zero attached hydrogens (tertiary/aromatic N) is 2. The number of likely N-dealkylation sites (tertiary alicyclic amines) is 1. The standard InChI is InChI=1S/C24H40N2O3Si2/c1-17(2)15-20-24(3,21(27)25(20)23(30(4,5)6)31(7,8)9)26-19(16-29-22(26)28)18-13-11-10-12-14-18/h10-14,17,19-20,23H,15-16H2,1-9H3/t19-,20-,24-/m1/s1. The van der Waals surface area contributed by atoms with Crippen LogP contribution in [0.15, 0.2) is 30.3 Å². The first kappa shape index (κ1) is 24.0. The van der Waals surface area contributed by atoms with E-state index in [-0.39, 0.29) is 24.1 Å². The maximum absolute atomic E-state index is 14.0. The Balaban J connectivity index is 2.06. The van der Waals surface area contributed by atoms with Crippen molar-refractivity contribution in [2.75, 3.05) is 6.61 Å². The quantitative estimate of drug-likeness (QED) is 0.409.